The third kappa shape index (κ3) is 3.98. The minimum absolute atomic E-state index is 0. The Balaban J connectivity index is 0.00000132. The Kier molecular flexibility index (Phi) is 6.92. The second kappa shape index (κ2) is 8.23. The van der Waals surface area contributed by atoms with Gasteiger partial charge in [0.25, 0.3) is 0 Å². The topological polar surface area (TPSA) is 18.8 Å². The minimum atomic E-state index is 0. The van der Waals surface area contributed by atoms with Gasteiger partial charge in [-0.25, -0.2) is 0 Å². The second-order valence-electron chi connectivity index (χ2n) is 5.61. The Morgan fingerprint density at radius 1 is 1.00 bits per heavy atom. The Morgan fingerprint density at radius 2 is 1.70 bits per heavy atom. The lowest BCUT2D eigenvalue weighted by Gasteiger charge is -2.22. The van der Waals surface area contributed by atoms with Gasteiger partial charge in [0.15, 0.2) is 0 Å². The predicted octanol–water partition coefficient (Wildman–Crippen LogP) is 3.88. The molecule has 0 aliphatic carbocycles. The molecule has 0 spiro atoms. The van der Waals surface area contributed by atoms with Crippen LogP contribution in [0.15, 0.2) is 53.5 Å². The van der Waals surface area contributed by atoms with Crippen molar-refractivity contribution in [2.24, 2.45) is 4.99 Å². The zero-order valence-electron chi connectivity index (χ0n) is 13.7. The first-order chi connectivity index (χ1) is 10.2. The van der Waals surface area contributed by atoms with Gasteiger partial charge in [0.05, 0.1) is 12.3 Å². The summed E-state index contributed by atoms with van der Waals surface area (Å²) in [6.45, 7) is 1.78. The highest BCUT2D eigenvalue weighted by atomic mass is 35.5. The molecule has 0 amide bonds. The summed E-state index contributed by atoms with van der Waals surface area (Å²) in [4.78, 5) is 9.26. The summed E-state index contributed by atoms with van der Waals surface area (Å²) in [6, 6.07) is 17.1. The average molecular weight is 352 g/mol. The number of hydrogen-bond acceptors (Lipinski definition) is 3. The van der Waals surface area contributed by atoms with Crippen LogP contribution in [0, 0.1) is 0 Å². The molecule has 0 atom stereocenters. The largest absolute Gasteiger partial charge is 0.378 e. The van der Waals surface area contributed by atoms with Gasteiger partial charge in [0, 0.05) is 50.2 Å². The van der Waals surface area contributed by atoms with E-state index in [0.717, 1.165) is 18.8 Å². The Bertz CT molecular complexity index is 669. The van der Waals surface area contributed by atoms with Crippen molar-refractivity contribution in [3.8, 4) is 0 Å². The standard InChI is InChI=1S/C18H21N3.2ClH/c1-20(2)15-9-10-17-16(13-15)18(19-11-12-21(17)3)14-7-5-4-6-8-14;;/h4-10,13H,11-12H2,1-3H3;2*1H. The van der Waals surface area contributed by atoms with Crippen molar-refractivity contribution < 1.29 is 0 Å². The molecule has 0 bridgehead atoms. The molecule has 0 saturated carbocycles. The number of benzodiazepines with no additional fused rings is 1. The van der Waals surface area contributed by atoms with Gasteiger partial charge in [-0.05, 0) is 18.2 Å². The lowest BCUT2D eigenvalue weighted by atomic mass is 9.99. The maximum Gasteiger partial charge on any atom is 0.0741 e. The summed E-state index contributed by atoms with van der Waals surface area (Å²) in [5.41, 5.74) is 5.95. The van der Waals surface area contributed by atoms with Crippen LogP contribution >= 0.6 is 24.8 Å². The zero-order chi connectivity index (χ0) is 14.8. The SMILES string of the molecule is CN(C)c1ccc2c(c1)C(c1ccccc1)=NCCN2C.Cl.Cl. The molecule has 0 aromatic heterocycles. The maximum atomic E-state index is 4.84. The monoisotopic (exact) mass is 351 g/mol. The number of fused-ring (bicyclic) bond motifs is 1. The van der Waals surface area contributed by atoms with Crippen LogP contribution in [0.25, 0.3) is 0 Å². The summed E-state index contributed by atoms with van der Waals surface area (Å²) >= 11 is 0. The molecule has 0 radical (unpaired) electrons. The quantitative estimate of drug-likeness (QED) is 0.817. The van der Waals surface area contributed by atoms with Crippen molar-refractivity contribution in [2.75, 3.05) is 44.0 Å². The third-order valence-corrected chi connectivity index (χ3v) is 3.92. The molecule has 5 heteroatoms. The van der Waals surface area contributed by atoms with Crippen LogP contribution in [0.4, 0.5) is 11.4 Å². The maximum absolute atomic E-state index is 4.84. The van der Waals surface area contributed by atoms with Crippen LogP contribution in [0.5, 0.6) is 0 Å². The van der Waals surface area contributed by atoms with Crippen molar-refractivity contribution in [3.63, 3.8) is 0 Å². The normalized spacial score (nSPS) is 13.0. The van der Waals surface area contributed by atoms with Crippen LogP contribution in [-0.4, -0.2) is 39.9 Å². The zero-order valence-corrected chi connectivity index (χ0v) is 15.3. The summed E-state index contributed by atoms with van der Waals surface area (Å²) in [5.74, 6) is 0. The summed E-state index contributed by atoms with van der Waals surface area (Å²) in [5, 5.41) is 0. The van der Waals surface area contributed by atoms with Crippen LogP contribution < -0.4 is 9.80 Å². The molecule has 2 aromatic rings. The molecule has 1 aliphatic heterocycles. The smallest absolute Gasteiger partial charge is 0.0741 e. The van der Waals surface area contributed by atoms with Crippen LogP contribution in [0.3, 0.4) is 0 Å². The minimum Gasteiger partial charge on any atom is -0.378 e. The molecule has 0 fully saturated rings. The molecule has 1 heterocycles. The van der Waals surface area contributed by atoms with Gasteiger partial charge < -0.3 is 9.80 Å². The Hall–Kier alpha value is -1.71. The van der Waals surface area contributed by atoms with Crippen molar-refractivity contribution in [1.82, 2.24) is 0 Å². The summed E-state index contributed by atoms with van der Waals surface area (Å²) in [7, 11) is 6.28. The fraction of sp³-hybridized carbons (Fsp3) is 0.278. The molecule has 1 aliphatic rings. The highest BCUT2D eigenvalue weighted by Gasteiger charge is 2.18. The van der Waals surface area contributed by atoms with E-state index in [9.17, 15) is 0 Å². The molecular weight excluding hydrogens is 329 g/mol. The van der Waals surface area contributed by atoms with E-state index in [4.69, 9.17) is 4.99 Å². The van der Waals surface area contributed by atoms with Crippen molar-refractivity contribution in [3.05, 3.63) is 59.7 Å². The van der Waals surface area contributed by atoms with Gasteiger partial charge in [-0.15, -0.1) is 24.8 Å². The number of rotatable bonds is 2. The van der Waals surface area contributed by atoms with Crippen molar-refractivity contribution in [1.29, 1.82) is 0 Å². The number of nitrogens with zero attached hydrogens (tertiary/aromatic N) is 3. The number of halogens is 2. The average Bonchev–Trinajstić information content (AvgIpc) is 2.67. The number of aliphatic imine (C=N–C) groups is 1. The molecule has 2 aromatic carbocycles. The number of benzene rings is 2. The Labute approximate surface area is 150 Å². The van der Waals surface area contributed by atoms with E-state index in [1.807, 2.05) is 6.07 Å². The molecule has 3 rings (SSSR count). The fourth-order valence-corrected chi connectivity index (χ4v) is 2.68. The van der Waals surface area contributed by atoms with E-state index in [2.05, 4.69) is 73.4 Å². The van der Waals surface area contributed by atoms with Crippen molar-refractivity contribution in [2.45, 2.75) is 0 Å². The first-order valence-electron chi connectivity index (χ1n) is 7.29. The van der Waals surface area contributed by atoms with Gasteiger partial charge in [0.1, 0.15) is 0 Å². The van der Waals surface area contributed by atoms with E-state index >= 15 is 0 Å². The van der Waals surface area contributed by atoms with Crippen LogP contribution in [-0.2, 0) is 0 Å². The third-order valence-electron chi connectivity index (χ3n) is 3.92. The Morgan fingerprint density at radius 3 is 2.35 bits per heavy atom. The van der Waals surface area contributed by atoms with E-state index in [0.29, 0.717) is 0 Å². The highest BCUT2D eigenvalue weighted by molar-refractivity contribution is 6.16. The molecule has 0 saturated heterocycles. The molecular formula is C18H23Cl2N3. The summed E-state index contributed by atoms with van der Waals surface area (Å²) in [6.07, 6.45) is 0. The van der Waals surface area contributed by atoms with Crippen molar-refractivity contribution >= 4 is 41.9 Å². The van der Waals surface area contributed by atoms with E-state index in [-0.39, 0.29) is 24.8 Å². The van der Waals surface area contributed by atoms with Gasteiger partial charge in [-0.3, -0.25) is 4.99 Å². The van der Waals surface area contributed by atoms with E-state index in [1.54, 1.807) is 0 Å². The summed E-state index contributed by atoms with van der Waals surface area (Å²) < 4.78 is 0. The molecule has 124 valence electrons. The van der Waals surface area contributed by atoms with Crippen LogP contribution in [0.1, 0.15) is 11.1 Å². The lowest BCUT2D eigenvalue weighted by Crippen LogP contribution is -2.20. The number of anilines is 2. The van der Waals surface area contributed by atoms with E-state index < -0.39 is 0 Å². The molecule has 0 unspecified atom stereocenters. The molecule has 0 N–H and O–H groups in total. The first kappa shape index (κ1) is 19.3. The predicted molar refractivity (Wildman–Crippen MR) is 105 cm³/mol. The second-order valence-corrected chi connectivity index (χ2v) is 5.61. The van der Waals surface area contributed by atoms with Crippen LogP contribution in [0.2, 0.25) is 0 Å². The lowest BCUT2D eigenvalue weighted by molar-refractivity contribution is 0.896. The van der Waals surface area contributed by atoms with Gasteiger partial charge in [-0.1, -0.05) is 30.3 Å². The number of likely N-dealkylation sites (N-methyl/N-ethyl adjacent to an activating group) is 1. The number of hydrogen-bond donors (Lipinski definition) is 0. The molecule has 23 heavy (non-hydrogen) atoms. The highest BCUT2D eigenvalue weighted by Crippen LogP contribution is 2.29. The molecule has 3 nitrogen and oxygen atoms in total. The fourth-order valence-electron chi connectivity index (χ4n) is 2.68. The van der Waals surface area contributed by atoms with Gasteiger partial charge in [-0.2, -0.15) is 0 Å². The van der Waals surface area contributed by atoms with Gasteiger partial charge >= 0.3 is 0 Å². The van der Waals surface area contributed by atoms with E-state index in [1.165, 1.54) is 22.5 Å². The van der Waals surface area contributed by atoms with Gasteiger partial charge in [0.2, 0.25) is 0 Å². The first-order valence-corrected chi connectivity index (χ1v) is 7.29.